The van der Waals surface area contributed by atoms with Gasteiger partial charge in [0.15, 0.2) is 0 Å². The van der Waals surface area contributed by atoms with Gasteiger partial charge in [-0.15, -0.1) is 0 Å². The summed E-state index contributed by atoms with van der Waals surface area (Å²) in [4.78, 5) is 13.9. The minimum Gasteiger partial charge on any atom is -0.381 e. The van der Waals surface area contributed by atoms with E-state index >= 15 is 0 Å². The molecule has 1 unspecified atom stereocenters. The van der Waals surface area contributed by atoms with E-state index < -0.39 is 5.67 Å². The number of nitrogens with zero attached hydrogens (tertiary/aromatic N) is 1. The van der Waals surface area contributed by atoms with Crippen molar-refractivity contribution < 1.29 is 13.9 Å². The molecule has 1 aliphatic carbocycles. The Kier molecular flexibility index (Phi) is 4.26. The fourth-order valence-corrected chi connectivity index (χ4v) is 3.14. The van der Waals surface area contributed by atoms with Crippen LogP contribution in [0.4, 0.5) is 4.39 Å². The van der Waals surface area contributed by atoms with Crippen molar-refractivity contribution in [1.82, 2.24) is 10.2 Å². The number of carbonyl (C=O) groups excluding carboxylic acids is 1. The number of halogens is 1. The van der Waals surface area contributed by atoms with E-state index in [1.807, 2.05) is 0 Å². The number of ether oxygens (including phenoxy) is 1. The zero-order chi connectivity index (χ0) is 14.0. The van der Waals surface area contributed by atoms with Crippen molar-refractivity contribution in [1.29, 1.82) is 0 Å². The number of piperidine rings is 1. The van der Waals surface area contributed by atoms with E-state index in [-0.39, 0.29) is 18.4 Å². The van der Waals surface area contributed by atoms with E-state index in [9.17, 15) is 9.18 Å². The van der Waals surface area contributed by atoms with E-state index in [1.54, 1.807) is 0 Å². The maximum atomic E-state index is 14.6. The fraction of sp³-hybridized carbons (Fsp3) is 0.933. The van der Waals surface area contributed by atoms with Crippen molar-refractivity contribution in [2.75, 3.05) is 39.4 Å². The largest absolute Gasteiger partial charge is 0.381 e. The molecule has 0 aromatic rings. The summed E-state index contributed by atoms with van der Waals surface area (Å²) in [5.74, 6) is 0.838. The summed E-state index contributed by atoms with van der Waals surface area (Å²) in [6.07, 6.45) is 4.15. The van der Waals surface area contributed by atoms with Gasteiger partial charge in [0, 0.05) is 32.2 Å². The molecule has 1 atom stereocenters. The first kappa shape index (κ1) is 14.3. The van der Waals surface area contributed by atoms with Crippen molar-refractivity contribution in [3.8, 4) is 0 Å². The van der Waals surface area contributed by atoms with Gasteiger partial charge in [-0.25, -0.2) is 4.39 Å². The number of likely N-dealkylation sites (tertiary alicyclic amines) is 1. The lowest BCUT2D eigenvalue weighted by Crippen LogP contribution is -2.49. The zero-order valence-electron chi connectivity index (χ0n) is 12.1. The third kappa shape index (κ3) is 3.70. The molecule has 3 rings (SSSR count). The lowest BCUT2D eigenvalue weighted by Gasteiger charge is -2.37. The third-order valence-corrected chi connectivity index (χ3v) is 4.82. The number of hydrogen-bond acceptors (Lipinski definition) is 3. The highest BCUT2D eigenvalue weighted by Gasteiger charge is 2.37. The minimum absolute atomic E-state index is 0.0487. The van der Waals surface area contributed by atoms with Crippen LogP contribution in [0.5, 0.6) is 0 Å². The van der Waals surface area contributed by atoms with Crippen LogP contribution in [0.15, 0.2) is 0 Å². The first-order chi connectivity index (χ1) is 9.65. The SMILES string of the molecule is O=C(NCC1(F)CCN(CC2CCOC2)CC1)C1CC1. The monoisotopic (exact) mass is 284 g/mol. The first-order valence-electron chi connectivity index (χ1n) is 7.91. The fourth-order valence-electron chi connectivity index (χ4n) is 3.14. The highest BCUT2D eigenvalue weighted by molar-refractivity contribution is 5.80. The summed E-state index contributed by atoms with van der Waals surface area (Å²) in [5, 5.41) is 2.79. The van der Waals surface area contributed by atoms with Gasteiger partial charge in [0.1, 0.15) is 5.67 Å². The standard InChI is InChI=1S/C15H25FN2O2/c16-15(11-17-14(19)13-1-2-13)4-6-18(7-5-15)9-12-3-8-20-10-12/h12-13H,1-11H2,(H,17,19). The smallest absolute Gasteiger partial charge is 0.223 e. The quantitative estimate of drug-likeness (QED) is 0.828. The van der Waals surface area contributed by atoms with Crippen LogP contribution in [-0.4, -0.2) is 55.9 Å². The summed E-state index contributed by atoms with van der Waals surface area (Å²) in [7, 11) is 0. The predicted molar refractivity (Wildman–Crippen MR) is 74.2 cm³/mol. The van der Waals surface area contributed by atoms with Crippen molar-refractivity contribution in [3.05, 3.63) is 0 Å². The Balaban J connectivity index is 1.38. The van der Waals surface area contributed by atoms with Gasteiger partial charge in [-0.2, -0.15) is 0 Å². The molecule has 0 spiro atoms. The van der Waals surface area contributed by atoms with E-state index in [0.717, 1.165) is 52.1 Å². The van der Waals surface area contributed by atoms with Gasteiger partial charge in [0.05, 0.1) is 13.2 Å². The Morgan fingerprint density at radius 2 is 2.05 bits per heavy atom. The molecule has 0 aromatic carbocycles. The number of hydrogen-bond donors (Lipinski definition) is 1. The van der Waals surface area contributed by atoms with E-state index in [2.05, 4.69) is 10.2 Å². The van der Waals surface area contributed by atoms with Gasteiger partial charge in [0.2, 0.25) is 5.91 Å². The van der Waals surface area contributed by atoms with Crippen LogP contribution in [0.1, 0.15) is 32.1 Å². The summed E-state index contributed by atoms with van der Waals surface area (Å²) >= 11 is 0. The van der Waals surface area contributed by atoms with Crippen LogP contribution in [0.3, 0.4) is 0 Å². The molecule has 0 radical (unpaired) electrons. The van der Waals surface area contributed by atoms with Crippen molar-refractivity contribution >= 4 is 5.91 Å². The summed E-state index contributed by atoms with van der Waals surface area (Å²) < 4.78 is 20.0. The molecule has 2 heterocycles. The molecular weight excluding hydrogens is 259 g/mol. The van der Waals surface area contributed by atoms with Crippen molar-refractivity contribution in [2.24, 2.45) is 11.8 Å². The molecule has 4 nitrogen and oxygen atoms in total. The van der Waals surface area contributed by atoms with E-state index in [1.165, 1.54) is 0 Å². The molecule has 0 aromatic heterocycles. The normalized spacial score (nSPS) is 30.4. The summed E-state index contributed by atoms with van der Waals surface area (Å²) in [6, 6.07) is 0. The molecule has 3 aliphatic rings. The predicted octanol–water partition coefficient (Wildman–Crippen LogP) is 1.35. The molecule has 1 saturated carbocycles. The van der Waals surface area contributed by atoms with Gasteiger partial charge in [0.25, 0.3) is 0 Å². The Bertz CT molecular complexity index is 346. The van der Waals surface area contributed by atoms with Crippen molar-refractivity contribution in [3.63, 3.8) is 0 Å². The van der Waals surface area contributed by atoms with Crippen molar-refractivity contribution in [2.45, 2.75) is 37.8 Å². The Hall–Kier alpha value is -0.680. The molecule has 3 fully saturated rings. The lowest BCUT2D eigenvalue weighted by atomic mass is 9.92. The van der Waals surface area contributed by atoms with Crippen LogP contribution in [0.2, 0.25) is 0 Å². The van der Waals surface area contributed by atoms with Gasteiger partial charge in [-0.3, -0.25) is 4.79 Å². The molecule has 114 valence electrons. The number of amides is 1. The maximum absolute atomic E-state index is 14.6. The molecule has 1 N–H and O–H groups in total. The molecule has 2 saturated heterocycles. The van der Waals surface area contributed by atoms with Gasteiger partial charge < -0.3 is 15.0 Å². The second-order valence-electron chi connectivity index (χ2n) is 6.67. The second kappa shape index (κ2) is 5.98. The van der Waals surface area contributed by atoms with Crippen LogP contribution in [0.25, 0.3) is 0 Å². The third-order valence-electron chi connectivity index (χ3n) is 4.82. The average Bonchev–Trinajstić information content (AvgIpc) is 3.18. The van der Waals surface area contributed by atoms with E-state index in [0.29, 0.717) is 18.8 Å². The number of alkyl halides is 1. The summed E-state index contributed by atoms with van der Waals surface area (Å²) in [6.45, 7) is 4.55. The van der Waals surface area contributed by atoms with Crippen LogP contribution < -0.4 is 5.32 Å². The second-order valence-corrected chi connectivity index (χ2v) is 6.67. The molecule has 0 bridgehead atoms. The molecule has 2 aliphatic heterocycles. The highest BCUT2D eigenvalue weighted by Crippen LogP contribution is 2.30. The Morgan fingerprint density at radius 3 is 2.65 bits per heavy atom. The van der Waals surface area contributed by atoms with Gasteiger partial charge in [-0.1, -0.05) is 0 Å². The van der Waals surface area contributed by atoms with Crippen LogP contribution in [0, 0.1) is 11.8 Å². The number of rotatable bonds is 5. The zero-order valence-corrected chi connectivity index (χ0v) is 12.1. The molecular formula is C15H25FN2O2. The number of carbonyl (C=O) groups is 1. The number of nitrogens with one attached hydrogen (secondary N) is 1. The maximum Gasteiger partial charge on any atom is 0.223 e. The van der Waals surface area contributed by atoms with Gasteiger partial charge in [-0.05, 0) is 38.0 Å². The highest BCUT2D eigenvalue weighted by atomic mass is 19.1. The Labute approximate surface area is 120 Å². The van der Waals surface area contributed by atoms with E-state index in [4.69, 9.17) is 4.74 Å². The molecule has 20 heavy (non-hydrogen) atoms. The molecule has 5 heteroatoms. The summed E-state index contributed by atoms with van der Waals surface area (Å²) in [5.41, 5.74) is -1.20. The van der Waals surface area contributed by atoms with Crippen LogP contribution >= 0.6 is 0 Å². The molecule has 1 amide bonds. The average molecular weight is 284 g/mol. The van der Waals surface area contributed by atoms with Crippen LogP contribution in [-0.2, 0) is 9.53 Å². The Morgan fingerprint density at radius 1 is 1.30 bits per heavy atom. The topological polar surface area (TPSA) is 41.6 Å². The minimum atomic E-state index is -1.20. The lowest BCUT2D eigenvalue weighted by molar-refractivity contribution is -0.123. The first-order valence-corrected chi connectivity index (χ1v) is 7.91. The van der Waals surface area contributed by atoms with Gasteiger partial charge >= 0.3 is 0 Å².